The van der Waals surface area contributed by atoms with Gasteiger partial charge in [0.25, 0.3) is 0 Å². The molecule has 0 saturated carbocycles. The fourth-order valence-electron chi connectivity index (χ4n) is 0.551. The fourth-order valence-corrected chi connectivity index (χ4v) is 0.551. The Kier molecular flexibility index (Phi) is 5.96. The maximum Gasteiger partial charge on any atom is 0.351 e. The zero-order valence-electron chi connectivity index (χ0n) is 8.57. The van der Waals surface area contributed by atoms with Gasteiger partial charge in [-0.25, -0.2) is 14.4 Å². The van der Waals surface area contributed by atoms with Crippen molar-refractivity contribution in [1.29, 1.82) is 0 Å². The monoisotopic (exact) mass is 216 g/mol. The molecule has 0 aromatic heterocycles. The summed E-state index contributed by atoms with van der Waals surface area (Å²) in [4.78, 5) is 32.4. The first-order valence-corrected chi connectivity index (χ1v) is 4.02. The van der Waals surface area contributed by atoms with Crippen molar-refractivity contribution in [1.82, 2.24) is 0 Å². The van der Waals surface area contributed by atoms with Crippen LogP contribution in [0.5, 0.6) is 0 Å². The van der Waals surface area contributed by atoms with Gasteiger partial charge in [0.05, 0.1) is 0 Å². The Morgan fingerprint density at radius 1 is 1.13 bits per heavy atom. The molecule has 6 heteroatoms. The van der Waals surface area contributed by atoms with Crippen molar-refractivity contribution in [2.24, 2.45) is 0 Å². The van der Waals surface area contributed by atoms with E-state index in [1.807, 2.05) is 0 Å². The van der Waals surface area contributed by atoms with E-state index in [0.29, 0.717) is 0 Å². The summed E-state index contributed by atoms with van der Waals surface area (Å²) < 4.78 is 13.1. The SMILES string of the molecule is C=C(C)C(=O)OCC(=O)OC(=O)COC. The molecule has 0 heterocycles. The molecule has 0 rings (SSSR count). The van der Waals surface area contributed by atoms with Gasteiger partial charge in [-0.2, -0.15) is 0 Å². The highest BCUT2D eigenvalue weighted by Crippen LogP contribution is 1.92. The maximum atomic E-state index is 10.8. The van der Waals surface area contributed by atoms with Crippen LogP contribution in [0, 0.1) is 0 Å². The number of hydrogen-bond acceptors (Lipinski definition) is 6. The maximum absolute atomic E-state index is 10.8. The summed E-state index contributed by atoms with van der Waals surface area (Å²) in [5, 5.41) is 0. The molecular formula is C9H12O6. The first-order valence-electron chi connectivity index (χ1n) is 4.02. The Hall–Kier alpha value is -1.69. The molecule has 0 aliphatic rings. The van der Waals surface area contributed by atoms with Crippen LogP contribution in [0.1, 0.15) is 6.92 Å². The number of rotatable bonds is 5. The zero-order valence-corrected chi connectivity index (χ0v) is 8.57. The van der Waals surface area contributed by atoms with Crippen molar-refractivity contribution >= 4 is 17.9 Å². The molecular weight excluding hydrogens is 204 g/mol. The van der Waals surface area contributed by atoms with E-state index in [-0.39, 0.29) is 12.2 Å². The smallest absolute Gasteiger partial charge is 0.351 e. The quantitative estimate of drug-likeness (QED) is 0.360. The Morgan fingerprint density at radius 2 is 1.67 bits per heavy atom. The molecule has 0 saturated heterocycles. The normalized spacial score (nSPS) is 9.20. The molecule has 0 spiro atoms. The third kappa shape index (κ3) is 6.39. The highest BCUT2D eigenvalue weighted by molar-refractivity contribution is 5.91. The Morgan fingerprint density at radius 3 is 2.13 bits per heavy atom. The van der Waals surface area contributed by atoms with Crippen LogP contribution in [0.25, 0.3) is 0 Å². The van der Waals surface area contributed by atoms with E-state index in [2.05, 4.69) is 20.8 Å². The van der Waals surface area contributed by atoms with E-state index in [4.69, 9.17) is 0 Å². The molecule has 0 bridgehead atoms. The predicted octanol–water partition coefficient (Wildman–Crippen LogP) is -0.178. The Balaban J connectivity index is 3.80. The molecule has 0 fully saturated rings. The fraction of sp³-hybridized carbons (Fsp3) is 0.444. The molecule has 6 nitrogen and oxygen atoms in total. The number of esters is 3. The van der Waals surface area contributed by atoms with Gasteiger partial charge < -0.3 is 14.2 Å². The van der Waals surface area contributed by atoms with Crippen molar-refractivity contribution in [2.45, 2.75) is 6.92 Å². The lowest BCUT2D eigenvalue weighted by atomic mass is 10.4. The lowest BCUT2D eigenvalue weighted by molar-refractivity contribution is -0.167. The van der Waals surface area contributed by atoms with Crippen molar-refractivity contribution in [3.63, 3.8) is 0 Å². The van der Waals surface area contributed by atoms with E-state index in [1.165, 1.54) is 14.0 Å². The molecule has 0 aromatic rings. The van der Waals surface area contributed by atoms with Gasteiger partial charge in [0, 0.05) is 12.7 Å². The second kappa shape index (κ2) is 6.72. The molecule has 84 valence electrons. The average molecular weight is 216 g/mol. The molecule has 0 unspecified atom stereocenters. The second-order valence-electron chi connectivity index (χ2n) is 2.64. The number of methoxy groups -OCH3 is 1. The first-order chi connectivity index (χ1) is 6.97. The van der Waals surface area contributed by atoms with Gasteiger partial charge in [0.1, 0.15) is 6.61 Å². The molecule has 0 atom stereocenters. The number of hydrogen-bond donors (Lipinski definition) is 0. The van der Waals surface area contributed by atoms with Crippen LogP contribution in [-0.4, -0.2) is 38.2 Å². The number of carbonyl (C=O) groups is 3. The van der Waals surface area contributed by atoms with Gasteiger partial charge in [0.15, 0.2) is 6.61 Å². The van der Waals surface area contributed by atoms with Crippen LogP contribution in [-0.2, 0) is 28.6 Å². The minimum absolute atomic E-state index is 0.158. The summed E-state index contributed by atoms with van der Waals surface area (Å²) in [5.74, 6) is -2.51. The van der Waals surface area contributed by atoms with Crippen molar-refractivity contribution in [3.8, 4) is 0 Å². The van der Waals surface area contributed by atoms with E-state index in [9.17, 15) is 14.4 Å². The predicted molar refractivity (Wildman–Crippen MR) is 48.7 cm³/mol. The Bertz CT molecular complexity index is 280. The van der Waals surface area contributed by atoms with Crippen LogP contribution in [0.15, 0.2) is 12.2 Å². The van der Waals surface area contributed by atoms with Gasteiger partial charge >= 0.3 is 17.9 Å². The molecule has 0 aromatic carbocycles. The Labute approximate surface area is 86.8 Å². The van der Waals surface area contributed by atoms with E-state index >= 15 is 0 Å². The highest BCUT2D eigenvalue weighted by Gasteiger charge is 2.12. The minimum Gasteiger partial charge on any atom is -0.450 e. The molecule has 15 heavy (non-hydrogen) atoms. The molecule has 0 aliphatic heterocycles. The van der Waals surface area contributed by atoms with Crippen LogP contribution in [0.3, 0.4) is 0 Å². The minimum atomic E-state index is -0.952. The summed E-state index contributed by atoms with van der Waals surface area (Å²) in [6, 6.07) is 0. The van der Waals surface area contributed by atoms with Gasteiger partial charge in [-0.1, -0.05) is 6.58 Å². The second-order valence-corrected chi connectivity index (χ2v) is 2.64. The number of carbonyl (C=O) groups excluding carboxylic acids is 3. The van der Waals surface area contributed by atoms with Crippen LogP contribution < -0.4 is 0 Å². The summed E-state index contributed by atoms with van der Waals surface area (Å²) in [7, 11) is 1.28. The van der Waals surface area contributed by atoms with Gasteiger partial charge in [0.2, 0.25) is 0 Å². The summed E-state index contributed by atoms with van der Waals surface area (Å²) in [5.41, 5.74) is 0.158. The van der Waals surface area contributed by atoms with E-state index in [0.717, 1.165) is 0 Å². The van der Waals surface area contributed by atoms with Crippen molar-refractivity contribution < 1.29 is 28.6 Å². The third-order valence-electron chi connectivity index (χ3n) is 1.16. The van der Waals surface area contributed by atoms with Crippen LogP contribution >= 0.6 is 0 Å². The van der Waals surface area contributed by atoms with Gasteiger partial charge in [-0.05, 0) is 6.92 Å². The molecule has 0 aliphatic carbocycles. The summed E-state index contributed by atoms with van der Waals surface area (Å²) >= 11 is 0. The zero-order chi connectivity index (χ0) is 11.8. The van der Waals surface area contributed by atoms with Gasteiger partial charge in [-0.3, -0.25) is 0 Å². The summed E-state index contributed by atoms with van der Waals surface area (Å²) in [6.07, 6.45) is 0. The van der Waals surface area contributed by atoms with Gasteiger partial charge in [-0.15, -0.1) is 0 Å². The standard InChI is InChI=1S/C9H12O6/c1-6(2)9(12)14-5-8(11)15-7(10)4-13-3/h1,4-5H2,2-3H3. The number of ether oxygens (including phenoxy) is 3. The van der Waals surface area contributed by atoms with Crippen LogP contribution in [0.4, 0.5) is 0 Å². The van der Waals surface area contributed by atoms with Crippen molar-refractivity contribution in [3.05, 3.63) is 12.2 Å². The van der Waals surface area contributed by atoms with Crippen LogP contribution in [0.2, 0.25) is 0 Å². The molecule has 0 radical (unpaired) electrons. The highest BCUT2D eigenvalue weighted by atomic mass is 16.6. The summed E-state index contributed by atoms with van der Waals surface area (Å²) in [6.45, 7) is 3.79. The average Bonchev–Trinajstić information content (AvgIpc) is 2.14. The van der Waals surface area contributed by atoms with E-state index < -0.39 is 24.5 Å². The molecule has 0 N–H and O–H groups in total. The lowest BCUT2D eigenvalue weighted by Gasteiger charge is -2.03. The topological polar surface area (TPSA) is 78.9 Å². The first kappa shape index (κ1) is 13.3. The third-order valence-corrected chi connectivity index (χ3v) is 1.16. The van der Waals surface area contributed by atoms with E-state index in [1.54, 1.807) is 0 Å². The largest absolute Gasteiger partial charge is 0.450 e. The van der Waals surface area contributed by atoms with Crippen molar-refractivity contribution in [2.75, 3.05) is 20.3 Å². The molecule has 0 amide bonds. The lowest BCUT2D eigenvalue weighted by Crippen LogP contribution is -2.22.